The Hall–Kier alpha value is -4.53. The summed E-state index contributed by atoms with van der Waals surface area (Å²) in [5.74, 6) is 0. The van der Waals surface area contributed by atoms with Crippen LogP contribution in [0.5, 0.6) is 0 Å². The lowest BCUT2D eigenvalue weighted by Crippen LogP contribution is -1.87. The number of para-hydroxylation sites is 2. The minimum atomic E-state index is 0.706. The highest BCUT2D eigenvalue weighted by Gasteiger charge is 2.20. The third-order valence-corrected chi connectivity index (χ3v) is 7.53. The average molecular weight is 495 g/mol. The van der Waals surface area contributed by atoms with Gasteiger partial charge in [-0.05, 0) is 69.9 Å². The summed E-state index contributed by atoms with van der Waals surface area (Å²) < 4.78 is 12.8. The van der Waals surface area contributed by atoms with E-state index < -0.39 is 0 Å². The topological polar surface area (TPSA) is 26.3 Å². The highest BCUT2D eigenvalue weighted by atomic mass is 35.5. The van der Waals surface area contributed by atoms with Gasteiger partial charge in [-0.15, -0.1) is 0 Å². The van der Waals surface area contributed by atoms with E-state index in [0.29, 0.717) is 5.02 Å². The molecule has 0 unspecified atom stereocenters. The first-order valence-electron chi connectivity index (χ1n) is 12.3. The van der Waals surface area contributed by atoms with E-state index in [0.717, 1.165) is 71.5 Å². The monoisotopic (exact) mass is 494 g/mol. The van der Waals surface area contributed by atoms with Crippen LogP contribution < -0.4 is 0 Å². The molecule has 174 valence electrons. The Morgan fingerprint density at radius 1 is 0.459 bits per heavy atom. The second kappa shape index (κ2) is 7.73. The van der Waals surface area contributed by atoms with E-state index >= 15 is 0 Å². The van der Waals surface area contributed by atoms with Crippen LogP contribution in [-0.2, 0) is 0 Å². The number of hydrogen-bond donors (Lipinski definition) is 0. The summed E-state index contributed by atoms with van der Waals surface area (Å²) in [5, 5.41) is 7.42. The summed E-state index contributed by atoms with van der Waals surface area (Å²) in [6.45, 7) is 0. The summed E-state index contributed by atoms with van der Waals surface area (Å²) >= 11 is 6.47. The molecule has 8 rings (SSSR count). The SMILES string of the molecule is Clc1cccc(-c2cc(-c3c4ccccc4cc4oc5ccccc5c34)cc3oc4ccccc4c23)c1. The van der Waals surface area contributed by atoms with Crippen molar-refractivity contribution in [3.8, 4) is 22.3 Å². The molecule has 0 fully saturated rings. The number of hydrogen-bond acceptors (Lipinski definition) is 2. The van der Waals surface area contributed by atoms with E-state index in [1.807, 2.05) is 42.5 Å². The van der Waals surface area contributed by atoms with Crippen molar-refractivity contribution in [1.29, 1.82) is 0 Å². The fraction of sp³-hybridized carbons (Fsp3) is 0. The molecule has 37 heavy (non-hydrogen) atoms. The van der Waals surface area contributed by atoms with Crippen molar-refractivity contribution in [3.63, 3.8) is 0 Å². The highest BCUT2D eigenvalue weighted by molar-refractivity contribution is 6.31. The van der Waals surface area contributed by atoms with Crippen molar-refractivity contribution >= 4 is 66.3 Å². The van der Waals surface area contributed by atoms with Crippen LogP contribution in [0.2, 0.25) is 5.02 Å². The van der Waals surface area contributed by atoms with E-state index in [9.17, 15) is 0 Å². The molecule has 2 nitrogen and oxygen atoms in total. The predicted octanol–water partition coefficient (Wildman–Crippen LogP) is 10.6. The number of fused-ring (bicyclic) bond motifs is 7. The van der Waals surface area contributed by atoms with Gasteiger partial charge >= 0.3 is 0 Å². The second-order valence-corrected chi connectivity index (χ2v) is 9.89. The normalized spacial score (nSPS) is 11.9. The van der Waals surface area contributed by atoms with Gasteiger partial charge in [0.1, 0.15) is 22.3 Å². The summed E-state index contributed by atoms with van der Waals surface area (Å²) in [6.07, 6.45) is 0. The Labute approximate surface area is 217 Å². The quantitative estimate of drug-likeness (QED) is 0.239. The van der Waals surface area contributed by atoms with Crippen LogP contribution in [0.4, 0.5) is 0 Å². The van der Waals surface area contributed by atoms with Crippen LogP contribution in [0.25, 0.3) is 76.9 Å². The number of furan rings is 2. The van der Waals surface area contributed by atoms with Crippen molar-refractivity contribution < 1.29 is 8.83 Å². The third-order valence-electron chi connectivity index (χ3n) is 7.29. The molecule has 0 atom stereocenters. The van der Waals surface area contributed by atoms with E-state index in [2.05, 4.69) is 72.8 Å². The minimum Gasteiger partial charge on any atom is -0.456 e. The summed E-state index contributed by atoms with van der Waals surface area (Å²) in [4.78, 5) is 0. The molecule has 6 aromatic carbocycles. The summed E-state index contributed by atoms with van der Waals surface area (Å²) in [7, 11) is 0. The number of halogens is 1. The first-order chi connectivity index (χ1) is 18.2. The van der Waals surface area contributed by atoms with Crippen LogP contribution in [0.15, 0.2) is 124 Å². The Morgan fingerprint density at radius 2 is 1.11 bits per heavy atom. The molecule has 2 aromatic heterocycles. The van der Waals surface area contributed by atoms with Gasteiger partial charge in [0.25, 0.3) is 0 Å². The van der Waals surface area contributed by atoms with Crippen molar-refractivity contribution in [2.75, 3.05) is 0 Å². The molecule has 0 N–H and O–H groups in total. The lowest BCUT2D eigenvalue weighted by atomic mass is 9.90. The maximum atomic E-state index is 6.47. The smallest absolute Gasteiger partial charge is 0.136 e. The molecule has 0 amide bonds. The summed E-state index contributed by atoms with van der Waals surface area (Å²) in [6, 6.07) is 39.6. The van der Waals surface area contributed by atoms with Crippen LogP contribution in [0, 0.1) is 0 Å². The molecular formula is C34H19ClO2. The van der Waals surface area contributed by atoms with Gasteiger partial charge in [-0.25, -0.2) is 0 Å². The maximum absolute atomic E-state index is 6.47. The fourth-order valence-electron chi connectivity index (χ4n) is 5.73. The van der Waals surface area contributed by atoms with Gasteiger partial charge in [-0.2, -0.15) is 0 Å². The minimum absolute atomic E-state index is 0.706. The van der Waals surface area contributed by atoms with Crippen LogP contribution in [-0.4, -0.2) is 0 Å². The predicted molar refractivity (Wildman–Crippen MR) is 154 cm³/mol. The molecule has 2 heterocycles. The largest absolute Gasteiger partial charge is 0.456 e. The molecule has 0 bridgehead atoms. The van der Waals surface area contributed by atoms with E-state index in [-0.39, 0.29) is 0 Å². The average Bonchev–Trinajstić information content (AvgIpc) is 3.49. The lowest BCUT2D eigenvalue weighted by Gasteiger charge is -2.13. The number of rotatable bonds is 2. The van der Waals surface area contributed by atoms with Crippen LogP contribution in [0.1, 0.15) is 0 Å². The van der Waals surface area contributed by atoms with Crippen molar-refractivity contribution in [2.45, 2.75) is 0 Å². The van der Waals surface area contributed by atoms with Crippen LogP contribution in [0.3, 0.4) is 0 Å². The number of benzene rings is 6. The van der Waals surface area contributed by atoms with Gasteiger partial charge in [0.15, 0.2) is 0 Å². The highest BCUT2D eigenvalue weighted by Crippen LogP contribution is 2.46. The molecule has 0 aliphatic rings. The first-order valence-corrected chi connectivity index (χ1v) is 12.7. The van der Waals surface area contributed by atoms with Crippen molar-refractivity contribution in [2.24, 2.45) is 0 Å². The van der Waals surface area contributed by atoms with Gasteiger partial charge in [0.2, 0.25) is 0 Å². The standard InChI is InChI=1S/C34H19ClO2/c35-23-10-7-9-20(16-23)27-17-22(19-30-33(27)25-12-3-5-14-28(25)36-30)32-24-11-2-1-8-21(24)18-31-34(32)26-13-4-6-15-29(26)37-31/h1-19H. The molecule has 0 aliphatic carbocycles. The Balaban J connectivity index is 1.58. The van der Waals surface area contributed by atoms with Gasteiger partial charge < -0.3 is 8.83 Å². The van der Waals surface area contributed by atoms with Crippen LogP contribution >= 0.6 is 11.6 Å². The van der Waals surface area contributed by atoms with Crippen molar-refractivity contribution in [1.82, 2.24) is 0 Å². The maximum Gasteiger partial charge on any atom is 0.136 e. The fourth-order valence-corrected chi connectivity index (χ4v) is 5.92. The Kier molecular flexibility index (Phi) is 4.31. The van der Waals surface area contributed by atoms with E-state index in [1.165, 1.54) is 5.39 Å². The molecular weight excluding hydrogens is 476 g/mol. The molecule has 0 saturated heterocycles. The zero-order valence-corrected chi connectivity index (χ0v) is 20.4. The molecule has 3 heteroatoms. The van der Waals surface area contributed by atoms with E-state index in [4.69, 9.17) is 20.4 Å². The first kappa shape index (κ1) is 20.6. The third kappa shape index (κ3) is 3.06. The Bertz CT molecular complexity index is 2160. The second-order valence-electron chi connectivity index (χ2n) is 9.45. The van der Waals surface area contributed by atoms with Gasteiger partial charge in [-0.3, -0.25) is 0 Å². The molecule has 8 aromatic rings. The molecule has 0 radical (unpaired) electrons. The lowest BCUT2D eigenvalue weighted by molar-refractivity contribution is 0.668. The van der Waals surface area contributed by atoms with Gasteiger partial charge in [-0.1, -0.05) is 84.4 Å². The van der Waals surface area contributed by atoms with Crippen molar-refractivity contribution in [3.05, 3.63) is 120 Å². The molecule has 0 saturated carbocycles. The molecule has 0 aliphatic heterocycles. The van der Waals surface area contributed by atoms with Gasteiger partial charge in [0, 0.05) is 32.1 Å². The zero-order valence-electron chi connectivity index (χ0n) is 19.7. The Morgan fingerprint density at radius 3 is 1.86 bits per heavy atom. The molecule has 0 spiro atoms. The van der Waals surface area contributed by atoms with E-state index in [1.54, 1.807) is 0 Å². The zero-order chi connectivity index (χ0) is 24.5. The van der Waals surface area contributed by atoms with Gasteiger partial charge in [0.05, 0.1) is 0 Å². The summed E-state index contributed by atoms with van der Waals surface area (Å²) in [5.41, 5.74) is 7.85.